The van der Waals surface area contributed by atoms with E-state index in [2.05, 4.69) is 25.4 Å². The highest BCUT2D eigenvalue weighted by Gasteiger charge is 2.14. The van der Waals surface area contributed by atoms with E-state index in [-0.39, 0.29) is 5.95 Å². The van der Waals surface area contributed by atoms with Gasteiger partial charge < -0.3 is 15.8 Å². The maximum atomic E-state index is 5.77. The minimum Gasteiger partial charge on any atom is -0.376 e. The van der Waals surface area contributed by atoms with E-state index in [1.807, 2.05) is 0 Å². The van der Waals surface area contributed by atoms with Gasteiger partial charge in [0.2, 0.25) is 11.9 Å². The Labute approximate surface area is 122 Å². The second kappa shape index (κ2) is 6.49. The van der Waals surface area contributed by atoms with Crippen LogP contribution in [0.5, 0.6) is 0 Å². The monoisotopic (exact) mass is 289 g/mol. The molecule has 0 amide bonds. The molecule has 2 aromatic rings. The summed E-state index contributed by atoms with van der Waals surface area (Å²) in [5.41, 5.74) is 5.69. The molecule has 1 aliphatic carbocycles. The molecule has 8 nitrogen and oxygen atoms in total. The zero-order chi connectivity index (χ0) is 14.5. The summed E-state index contributed by atoms with van der Waals surface area (Å²) < 4.78 is 7.31. The summed E-state index contributed by atoms with van der Waals surface area (Å²) in [4.78, 5) is 12.4. The number of nitrogens with one attached hydrogen (secondary N) is 1. The van der Waals surface area contributed by atoms with Gasteiger partial charge in [-0.3, -0.25) is 0 Å². The summed E-state index contributed by atoms with van der Waals surface area (Å²) in [5.74, 6) is 0.990. The summed E-state index contributed by atoms with van der Waals surface area (Å²) in [6, 6.07) is 1.79. The van der Waals surface area contributed by atoms with Crippen molar-refractivity contribution in [3.05, 3.63) is 18.5 Å². The number of anilines is 2. The first-order chi connectivity index (χ1) is 10.3. The highest BCUT2D eigenvalue weighted by Crippen LogP contribution is 2.20. The minimum absolute atomic E-state index is 0.162. The molecule has 8 heteroatoms. The number of nitrogens with zero attached hydrogens (tertiary/aromatic N) is 5. The van der Waals surface area contributed by atoms with Crippen LogP contribution in [0.3, 0.4) is 0 Å². The number of rotatable bonds is 6. The quantitative estimate of drug-likeness (QED) is 0.765. The lowest BCUT2D eigenvalue weighted by atomic mass is 10.3. The number of nitrogen functional groups attached to an aromatic ring is 1. The van der Waals surface area contributed by atoms with Crippen molar-refractivity contribution in [1.82, 2.24) is 24.7 Å². The van der Waals surface area contributed by atoms with Crippen LogP contribution in [0.2, 0.25) is 0 Å². The highest BCUT2D eigenvalue weighted by molar-refractivity contribution is 5.34. The Bertz CT molecular complexity index is 566. The lowest BCUT2D eigenvalue weighted by Gasteiger charge is -2.11. The van der Waals surface area contributed by atoms with Gasteiger partial charge >= 0.3 is 0 Å². The van der Waals surface area contributed by atoms with Crippen molar-refractivity contribution in [3.8, 4) is 5.95 Å². The van der Waals surface area contributed by atoms with Crippen molar-refractivity contribution in [1.29, 1.82) is 0 Å². The first-order valence-electron chi connectivity index (χ1n) is 7.18. The van der Waals surface area contributed by atoms with Crippen molar-refractivity contribution in [2.75, 3.05) is 24.2 Å². The minimum atomic E-state index is 0.162. The van der Waals surface area contributed by atoms with E-state index in [0.29, 0.717) is 31.2 Å². The molecule has 3 N–H and O–H groups in total. The largest absolute Gasteiger partial charge is 0.376 e. The molecule has 1 saturated carbocycles. The smallest absolute Gasteiger partial charge is 0.257 e. The molecule has 0 bridgehead atoms. The van der Waals surface area contributed by atoms with Gasteiger partial charge in [-0.25, -0.2) is 4.68 Å². The van der Waals surface area contributed by atoms with E-state index in [9.17, 15) is 0 Å². The van der Waals surface area contributed by atoms with Crippen LogP contribution in [0.4, 0.5) is 11.9 Å². The summed E-state index contributed by atoms with van der Waals surface area (Å²) in [5, 5.41) is 7.18. The Morgan fingerprint density at radius 2 is 2.14 bits per heavy atom. The molecule has 0 aliphatic heterocycles. The van der Waals surface area contributed by atoms with Crippen LogP contribution in [-0.2, 0) is 4.74 Å². The summed E-state index contributed by atoms with van der Waals surface area (Å²) in [6.45, 7) is 1.27. The number of hydrogen-bond acceptors (Lipinski definition) is 7. The third-order valence-corrected chi connectivity index (χ3v) is 3.39. The van der Waals surface area contributed by atoms with Gasteiger partial charge in [-0.15, -0.1) is 0 Å². The van der Waals surface area contributed by atoms with Crippen molar-refractivity contribution >= 4 is 11.9 Å². The van der Waals surface area contributed by atoms with Gasteiger partial charge in [0.15, 0.2) is 0 Å². The van der Waals surface area contributed by atoms with Crippen LogP contribution in [0.25, 0.3) is 5.95 Å². The molecule has 0 aromatic carbocycles. The molecule has 1 fully saturated rings. The second-order valence-electron chi connectivity index (χ2n) is 4.97. The Morgan fingerprint density at radius 1 is 1.29 bits per heavy atom. The molecular formula is C13H19N7O. The Balaban J connectivity index is 1.55. The summed E-state index contributed by atoms with van der Waals surface area (Å²) in [6.07, 6.45) is 8.70. The van der Waals surface area contributed by atoms with Crippen LogP contribution in [0, 0.1) is 0 Å². The maximum Gasteiger partial charge on any atom is 0.257 e. The molecule has 3 rings (SSSR count). The molecule has 0 unspecified atom stereocenters. The normalized spacial score (nSPS) is 15.4. The van der Waals surface area contributed by atoms with Crippen molar-refractivity contribution in [2.24, 2.45) is 0 Å². The predicted molar refractivity (Wildman–Crippen MR) is 78.1 cm³/mol. The van der Waals surface area contributed by atoms with Gasteiger partial charge in [-0.05, 0) is 18.9 Å². The topological polar surface area (TPSA) is 104 Å². The van der Waals surface area contributed by atoms with E-state index in [1.54, 1.807) is 18.5 Å². The van der Waals surface area contributed by atoms with Crippen LogP contribution in [0.1, 0.15) is 25.7 Å². The number of aromatic nitrogens is 5. The lowest BCUT2D eigenvalue weighted by Crippen LogP contribution is -2.18. The molecule has 1 aliphatic rings. The maximum absolute atomic E-state index is 5.77. The lowest BCUT2D eigenvalue weighted by molar-refractivity contribution is 0.0658. The van der Waals surface area contributed by atoms with Crippen LogP contribution >= 0.6 is 0 Å². The van der Waals surface area contributed by atoms with E-state index in [4.69, 9.17) is 10.5 Å². The fraction of sp³-hybridized carbons (Fsp3) is 0.538. The van der Waals surface area contributed by atoms with Crippen molar-refractivity contribution in [2.45, 2.75) is 31.8 Å². The molecule has 2 heterocycles. The Morgan fingerprint density at radius 3 is 2.90 bits per heavy atom. The molecule has 0 spiro atoms. The van der Waals surface area contributed by atoms with Crippen LogP contribution < -0.4 is 11.1 Å². The molecule has 0 radical (unpaired) electrons. The standard InChI is InChI=1S/C13H19N7O/c14-11-17-12(15-7-9-21-10-4-1-2-5-10)19-13(18-11)20-8-3-6-16-20/h3,6,8,10H,1-2,4-5,7,9H2,(H3,14,15,17,18,19). The summed E-state index contributed by atoms with van der Waals surface area (Å²) >= 11 is 0. The molecule has 0 saturated heterocycles. The van der Waals surface area contributed by atoms with Crippen LogP contribution in [0.15, 0.2) is 18.5 Å². The average molecular weight is 289 g/mol. The van der Waals surface area contributed by atoms with E-state index in [0.717, 1.165) is 0 Å². The van der Waals surface area contributed by atoms with Gasteiger partial charge in [-0.2, -0.15) is 20.1 Å². The average Bonchev–Trinajstić information content (AvgIpc) is 3.16. The number of nitrogens with two attached hydrogens (primary N) is 1. The van der Waals surface area contributed by atoms with E-state index >= 15 is 0 Å². The SMILES string of the molecule is Nc1nc(NCCOC2CCCC2)nc(-n2cccn2)n1. The van der Waals surface area contributed by atoms with Gasteiger partial charge in [0.05, 0.1) is 12.7 Å². The van der Waals surface area contributed by atoms with Gasteiger partial charge in [0.1, 0.15) is 0 Å². The second-order valence-corrected chi connectivity index (χ2v) is 4.97. The molecule has 112 valence electrons. The number of hydrogen-bond donors (Lipinski definition) is 2. The fourth-order valence-electron chi connectivity index (χ4n) is 2.39. The third-order valence-electron chi connectivity index (χ3n) is 3.39. The third kappa shape index (κ3) is 3.66. The van der Waals surface area contributed by atoms with E-state index < -0.39 is 0 Å². The predicted octanol–water partition coefficient (Wildman–Crippen LogP) is 1.01. The first kappa shape index (κ1) is 13.7. The van der Waals surface area contributed by atoms with Crippen molar-refractivity contribution in [3.63, 3.8) is 0 Å². The number of ether oxygens (including phenoxy) is 1. The van der Waals surface area contributed by atoms with Crippen LogP contribution in [-0.4, -0.2) is 44.0 Å². The summed E-state index contributed by atoms with van der Waals surface area (Å²) in [7, 11) is 0. The highest BCUT2D eigenvalue weighted by atomic mass is 16.5. The molecular weight excluding hydrogens is 270 g/mol. The van der Waals surface area contributed by atoms with Gasteiger partial charge in [-0.1, -0.05) is 12.8 Å². The Hall–Kier alpha value is -2.22. The Kier molecular flexibility index (Phi) is 4.25. The molecule has 21 heavy (non-hydrogen) atoms. The van der Waals surface area contributed by atoms with Gasteiger partial charge in [0.25, 0.3) is 5.95 Å². The van der Waals surface area contributed by atoms with Gasteiger partial charge in [0, 0.05) is 18.9 Å². The molecule has 2 aromatic heterocycles. The fourth-order valence-corrected chi connectivity index (χ4v) is 2.39. The van der Waals surface area contributed by atoms with Crippen molar-refractivity contribution < 1.29 is 4.74 Å². The first-order valence-corrected chi connectivity index (χ1v) is 7.18. The molecule has 0 atom stereocenters. The van der Waals surface area contributed by atoms with E-state index in [1.165, 1.54) is 30.4 Å². The zero-order valence-corrected chi connectivity index (χ0v) is 11.8. The zero-order valence-electron chi connectivity index (χ0n) is 11.8.